The summed E-state index contributed by atoms with van der Waals surface area (Å²) >= 11 is 4.17. The molecule has 6 nitrogen and oxygen atoms in total. The zero-order valence-electron chi connectivity index (χ0n) is 12.3. The second-order valence-electron chi connectivity index (χ2n) is 3.91. The maximum Gasteiger partial charge on any atom is 0.367 e. The molecular formula is C14H16FNO5S. The number of halogens is 1. The summed E-state index contributed by atoms with van der Waals surface area (Å²) in [6.45, 7) is 1.65. The van der Waals surface area contributed by atoms with Gasteiger partial charge >= 0.3 is 11.9 Å². The molecule has 0 aliphatic rings. The molecule has 1 aromatic rings. The quantitative estimate of drug-likeness (QED) is 0.376. The molecule has 0 saturated carbocycles. The second-order valence-corrected chi connectivity index (χ2v) is 4.40. The van der Waals surface area contributed by atoms with E-state index in [2.05, 4.69) is 17.4 Å². The standard InChI is InChI=1S/C14H16FNO5S/c1-4-21-14(18)11(15)7-9-5-6-10(8-12(9)22)13(17)16(19-2)20-3/h5-8,22H,4H2,1-3H3. The van der Waals surface area contributed by atoms with Crippen LogP contribution in [0.2, 0.25) is 0 Å². The number of hydroxylamine groups is 2. The van der Waals surface area contributed by atoms with Crippen LogP contribution < -0.4 is 0 Å². The van der Waals surface area contributed by atoms with Crippen LogP contribution in [0.3, 0.4) is 0 Å². The lowest BCUT2D eigenvalue weighted by atomic mass is 10.1. The number of thiol groups is 1. The molecule has 0 fully saturated rings. The van der Waals surface area contributed by atoms with Gasteiger partial charge in [0.15, 0.2) is 0 Å². The number of hydrogen-bond donors (Lipinski definition) is 1. The Hall–Kier alpha value is -1.90. The van der Waals surface area contributed by atoms with Gasteiger partial charge in [-0.1, -0.05) is 11.3 Å². The number of nitrogens with zero attached hydrogens (tertiary/aromatic N) is 1. The summed E-state index contributed by atoms with van der Waals surface area (Å²) < 4.78 is 18.1. The SMILES string of the molecule is CCOC(=O)C(F)=Cc1ccc(C(=O)N(OC)OC)cc1S. The van der Waals surface area contributed by atoms with Crippen LogP contribution in [0.15, 0.2) is 28.9 Å². The highest BCUT2D eigenvalue weighted by Gasteiger charge is 2.17. The van der Waals surface area contributed by atoms with Gasteiger partial charge in [-0.15, -0.1) is 12.6 Å². The van der Waals surface area contributed by atoms with Crippen molar-refractivity contribution in [2.24, 2.45) is 0 Å². The molecule has 0 atom stereocenters. The molecule has 0 aromatic heterocycles. The molecule has 0 bridgehead atoms. The van der Waals surface area contributed by atoms with Crippen LogP contribution in [-0.4, -0.2) is 37.9 Å². The van der Waals surface area contributed by atoms with Crippen molar-refractivity contribution in [3.8, 4) is 0 Å². The molecule has 1 aromatic carbocycles. The molecule has 22 heavy (non-hydrogen) atoms. The maximum absolute atomic E-state index is 13.6. The number of benzene rings is 1. The lowest BCUT2D eigenvalue weighted by molar-refractivity contribution is -0.299. The first kappa shape index (κ1) is 18.1. The van der Waals surface area contributed by atoms with Crippen molar-refractivity contribution >= 4 is 30.6 Å². The van der Waals surface area contributed by atoms with Gasteiger partial charge in [0.2, 0.25) is 5.83 Å². The minimum atomic E-state index is -1.06. The van der Waals surface area contributed by atoms with Crippen molar-refractivity contribution in [3.63, 3.8) is 0 Å². The van der Waals surface area contributed by atoms with E-state index in [0.29, 0.717) is 15.7 Å². The van der Waals surface area contributed by atoms with E-state index in [9.17, 15) is 14.0 Å². The van der Waals surface area contributed by atoms with E-state index in [1.165, 1.54) is 32.4 Å². The maximum atomic E-state index is 13.6. The van der Waals surface area contributed by atoms with Crippen molar-refractivity contribution in [2.45, 2.75) is 11.8 Å². The third-order valence-corrected chi connectivity index (χ3v) is 2.91. The summed E-state index contributed by atoms with van der Waals surface area (Å²) in [5.41, 5.74) is 0.550. The zero-order valence-corrected chi connectivity index (χ0v) is 13.2. The molecule has 120 valence electrons. The Morgan fingerprint density at radius 1 is 1.32 bits per heavy atom. The molecule has 0 spiro atoms. The predicted octanol–water partition coefficient (Wildman–Crippen LogP) is 2.41. The van der Waals surface area contributed by atoms with Gasteiger partial charge in [-0.25, -0.2) is 14.5 Å². The average molecular weight is 329 g/mol. The van der Waals surface area contributed by atoms with Crippen molar-refractivity contribution in [1.82, 2.24) is 5.23 Å². The van der Waals surface area contributed by atoms with Crippen LogP contribution in [-0.2, 0) is 19.2 Å². The van der Waals surface area contributed by atoms with Crippen LogP contribution in [0.25, 0.3) is 6.08 Å². The monoisotopic (exact) mass is 329 g/mol. The molecule has 0 aliphatic heterocycles. The summed E-state index contributed by atoms with van der Waals surface area (Å²) in [4.78, 5) is 32.9. The van der Waals surface area contributed by atoms with Crippen LogP contribution in [0.5, 0.6) is 0 Å². The Bertz CT molecular complexity index is 587. The summed E-state index contributed by atoms with van der Waals surface area (Å²) in [6.07, 6.45) is 0.985. The molecule has 0 saturated heterocycles. The first-order chi connectivity index (χ1) is 10.4. The van der Waals surface area contributed by atoms with E-state index < -0.39 is 17.7 Å². The Balaban J connectivity index is 3.02. The summed E-state index contributed by atoms with van der Waals surface area (Å²) in [5, 5.41) is 0.678. The minimum absolute atomic E-state index is 0.0745. The first-order valence-electron chi connectivity index (χ1n) is 6.24. The molecule has 0 heterocycles. The van der Waals surface area contributed by atoms with Crippen LogP contribution in [0.4, 0.5) is 4.39 Å². The first-order valence-corrected chi connectivity index (χ1v) is 6.69. The molecule has 0 N–H and O–H groups in total. The van der Waals surface area contributed by atoms with Crippen molar-refractivity contribution in [2.75, 3.05) is 20.8 Å². The molecule has 1 amide bonds. The predicted molar refractivity (Wildman–Crippen MR) is 79.6 cm³/mol. The van der Waals surface area contributed by atoms with Crippen molar-refractivity contribution < 1.29 is 28.4 Å². The van der Waals surface area contributed by atoms with Gasteiger partial charge < -0.3 is 4.74 Å². The van der Waals surface area contributed by atoms with Crippen LogP contribution in [0, 0.1) is 0 Å². The van der Waals surface area contributed by atoms with Gasteiger partial charge in [-0.05, 0) is 30.7 Å². The smallest absolute Gasteiger partial charge is 0.367 e. The minimum Gasteiger partial charge on any atom is -0.461 e. The van der Waals surface area contributed by atoms with Gasteiger partial charge in [0, 0.05) is 10.5 Å². The Morgan fingerprint density at radius 2 is 1.95 bits per heavy atom. The number of amides is 1. The fraction of sp³-hybridized carbons (Fsp3) is 0.286. The largest absolute Gasteiger partial charge is 0.461 e. The highest BCUT2D eigenvalue weighted by molar-refractivity contribution is 7.80. The number of esters is 1. The Kier molecular flexibility index (Phi) is 7.03. The van der Waals surface area contributed by atoms with Crippen molar-refractivity contribution in [3.05, 3.63) is 35.2 Å². The average Bonchev–Trinajstić information content (AvgIpc) is 2.50. The normalized spacial score (nSPS) is 11.2. The molecule has 8 heteroatoms. The molecule has 1 rings (SSSR count). The molecule has 0 unspecified atom stereocenters. The van der Waals surface area contributed by atoms with Crippen molar-refractivity contribution in [1.29, 1.82) is 0 Å². The van der Waals surface area contributed by atoms with Gasteiger partial charge in [0.05, 0.1) is 20.8 Å². The number of ether oxygens (including phenoxy) is 1. The van der Waals surface area contributed by atoms with E-state index in [-0.39, 0.29) is 12.2 Å². The Morgan fingerprint density at radius 3 is 2.45 bits per heavy atom. The second kappa shape index (κ2) is 8.52. The van der Waals surface area contributed by atoms with Crippen LogP contribution in [0.1, 0.15) is 22.8 Å². The third kappa shape index (κ3) is 4.55. The highest BCUT2D eigenvalue weighted by atomic mass is 32.1. The lowest BCUT2D eigenvalue weighted by Crippen LogP contribution is -2.28. The van der Waals surface area contributed by atoms with E-state index in [1.807, 2.05) is 0 Å². The van der Waals surface area contributed by atoms with E-state index >= 15 is 0 Å². The fourth-order valence-corrected chi connectivity index (χ4v) is 1.82. The number of rotatable bonds is 6. The van der Waals surface area contributed by atoms with Gasteiger partial charge in [-0.3, -0.25) is 4.79 Å². The number of carbonyl (C=O) groups is 2. The van der Waals surface area contributed by atoms with E-state index in [1.54, 1.807) is 6.92 Å². The molecule has 0 radical (unpaired) electrons. The lowest BCUT2D eigenvalue weighted by Gasteiger charge is -2.16. The number of carbonyl (C=O) groups excluding carboxylic acids is 2. The van der Waals surface area contributed by atoms with E-state index in [4.69, 9.17) is 9.68 Å². The fourth-order valence-electron chi connectivity index (χ4n) is 1.54. The van der Waals surface area contributed by atoms with Gasteiger partial charge in [0.1, 0.15) is 0 Å². The number of hydrogen-bond acceptors (Lipinski definition) is 6. The summed E-state index contributed by atoms with van der Waals surface area (Å²) in [6, 6.07) is 4.27. The highest BCUT2D eigenvalue weighted by Crippen LogP contribution is 2.21. The zero-order chi connectivity index (χ0) is 16.7. The Labute approximate surface area is 132 Å². The topological polar surface area (TPSA) is 65.1 Å². The summed E-state index contributed by atoms with van der Waals surface area (Å²) in [5.74, 6) is -2.66. The van der Waals surface area contributed by atoms with Gasteiger partial charge in [-0.2, -0.15) is 4.39 Å². The summed E-state index contributed by atoms with van der Waals surface area (Å²) in [7, 11) is 2.55. The van der Waals surface area contributed by atoms with Gasteiger partial charge in [0.25, 0.3) is 0 Å². The molecular weight excluding hydrogens is 313 g/mol. The van der Waals surface area contributed by atoms with Crippen LogP contribution >= 0.6 is 12.6 Å². The van der Waals surface area contributed by atoms with E-state index in [0.717, 1.165) is 6.08 Å². The molecule has 0 aliphatic carbocycles. The third-order valence-electron chi connectivity index (χ3n) is 2.53.